The van der Waals surface area contributed by atoms with Crippen LogP contribution in [0.2, 0.25) is 0 Å². The zero-order chi connectivity index (χ0) is 17.4. The van der Waals surface area contributed by atoms with Crippen molar-refractivity contribution in [2.24, 2.45) is 0 Å². The number of nitrogens with zero attached hydrogens (tertiary/aromatic N) is 4. The maximum Gasteiger partial charge on any atom is 0.420 e. The van der Waals surface area contributed by atoms with Gasteiger partial charge in [-0.15, -0.1) is 0 Å². The molecule has 1 amide bonds. The molecular weight excluding hydrogens is 324 g/mol. The van der Waals surface area contributed by atoms with Gasteiger partial charge >= 0.3 is 5.76 Å². The second-order valence-electron chi connectivity index (χ2n) is 6.27. The fraction of sp³-hybridized carbons (Fsp3) is 0.412. The highest BCUT2D eigenvalue weighted by molar-refractivity contribution is 5.79. The Kier molecular flexibility index (Phi) is 3.87. The lowest BCUT2D eigenvalue weighted by molar-refractivity contribution is -0.133. The number of benzene rings is 1. The van der Waals surface area contributed by atoms with Crippen LogP contribution in [0.5, 0.6) is 0 Å². The van der Waals surface area contributed by atoms with Gasteiger partial charge in [-0.25, -0.2) is 4.79 Å². The molecule has 1 atom stereocenters. The SMILES string of the molecule is Cc1nc([C@H]2CCCN(C(=O)Cn3c(=O)oc4ccccc43)C2)no1. The summed E-state index contributed by atoms with van der Waals surface area (Å²) < 4.78 is 11.6. The van der Waals surface area contributed by atoms with E-state index in [4.69, 9.17) is 8.94 Å². The van der Waals surface area contributed by atoms with E-state index in [2.05, 4.69) is 10.1 Å². The summed E-state index contributed by atoms with van der Waals surface area (Å²) in [4.78, 5) is 30.8. The Morgan fingerprint density at radius 3 is 3.00 bits per heavy atom. The highest BCUT2D eigenvalue weighted by Crippen LogP contribution is 2.25. The van der Waals surface area contributed by atoms with Crippen LogP contribution in [0, 0.1) is 6.92 Å². The Morgan fingerprint density at radius 2 is 2.20 bits per heavy atom. The van der Waals surface area contributed by atoms with Crippen molar-refractivity contribution in [3.63, 3.8) is 0 Å². The molecule has 8 heteroatoms. The zero-order valence-corrected chi connectivity index (χ0v) is 13.8. The van der Waals surface area contributed by atoms with Gasteiger partial charge in [-0.05, 0) is 25.0 Å². The molecule has 1 aliphatic rings. The highest BCUT2D eigenvalue weighted by Gasteiger charge is 2.28. The second-order valence-corrected chi connectivity index (χ2v) is 6.27. The lowest BCUT2D eigenvalue weighted by Crippen LogP contribution is -2.42. The molecule has 8 nitrogen and oxygen atoms in total. The third-order valence-electron chi connectivity index (χ3n) is 4.55. The van der Waals surface area contributed by atoms with E-state index >= 15 is 0 Å². The van der Waals surface area contributed by atoms with E-state index in [0.29, 0.717) is 35.9 Å². The van der Waals surface area contributed by atoms with Crippen LogP contribution in [-0.4, -0.2) is 38.6 Å². The number of carbonyl (C=O) groups excluding carboxylic acids is 1. The van der Waals surface area contributed by atoms with Crippen LogP contribution in [0.25, 0.3) is 11.1 Å². The number of aryl methyl sites for hydroxylation is 1. The predicted octanol–water partition coefficient (Wildman–Crippen LogP) is 1.69. The van der Waals surface area contributed by atoms with Gasteiger partial charge in [0.05, 0.1) is 5.52 Å². The summed E-state index contributed by atoms with van der Waals surface area (Å²) in [6, 6.07) is 7.09. The lowest BCUT2D eigenvalue weighted by atomic mass is 9.97. The standard InChI is InChI=1S/C17H18N4O4/c1-11-18-16(19-25-11)12-5-4-8-20(9-12)15(22)10-21-13-6-2-3-7-14(13)24-17(21)23/h2-3,6-7,12H,4-5,8-10H2,1H3/t12-/m0/s1. The summed E-state index contributed by atoms with van der Waals surface area (Å²) >= 11 is 0. The molecule has 0 N–H and O–H groups in total. The van der Waals surface area contributed by atoms with E-state index in [9.17, 15) is 9.59 Å². The number of aromatic nitrogens is 3. The summed E-state index contributed by atoms with van der Waals surface area (Å²) in [6.45, 7) is 2.91. The van der Waals surface area contributed by atoms with Crippen molar-refractivity contribution in [1.29, 1.82) is 0 Å². The Labute approximate surface area is 143 Å². The van der Waals surface area contributed by atoms with Gasteiger partial charge in [0.2, 0.25) is 11.8 Å². The zero-order valence-electron chi connectivity index (χ0n) is 13.8. The number of amides is 1. The van der Waals surface area contributed by atoms with Crippen molar-refractivity contribution in [3.8, 4) is 0 Å². The Morgan fingerprint density at radius 1 is 1.36 bits per heavy atom. The van der Waals surface area contributed by atoms with E-state index in [-0.39, 0.29) is 18.4 Å². The van der Waals surface area contributed by atoms with Crippen molar-refractivity contribution in [3.05, 3.63) is 46.5 Å². The van der Waals surface area contributed by atoms with Gasteiger partial charge < -0.3 is 13.8 Å². The number of para-hydroxylation sites is 2. The van der Waals surface area contributed by atoms with Crippen LogP contribution in [0.3, 0.4) is 0 Å². The number of carbonyl (C=O) groups is 1. The first-order valence-electron chi connectivity index (χ1n) is 8.28. The molecule has 0 unspecified atom stereocenters. The van der Waals surface area contributed by atoms with Gasteiger partial charge in [-0.3, -0.25) is 9.36 Å². The van der Waals surface area contributed by atoms with Crippen molar-refractivity contribution in [2.75, 3.05) is 13.1 Å². The molecular formula is C17H18N4O4. The number of oxazole rings is 1. The van der Waals surface area contributed by atoms with E-state index in [1.54, 1.807) is 30.0 Å². The summed E-state index contributed by atoms with van der Waals surface area (Å²) in [5.74, 6) is 0.597. The van der Waals surface area contributed by atoms with Crippen molar-refractivity contribution in [1.82, 2.24) is 19.6 Å². The Bertz CT molecular complexity index is 970. The first-order chi connectivity index (χ1) is 12.1. The van der Waals surface area contributed by atoms with Gasteiger partial charge in [0.25, 0.3) is 0 Å². The number of likely N-dealkylation sites (tertiary alicyclic amines) is 1. The molecule has 1 aliphatic heterocycles. The minimum Gasteiger partial charge on any atom is -0.408 e. The largest absolute Gasteiger partial charge is 0.420 e. The topological polar surface area (TPSA) is 94.4 Å². The quantitative estimate of drug-likeness (QED) is 0.719. The third kappa shape index (κ3) is 2.95. The number of hydrogen-bond acceptors (Lipinski definition) is 6. The van der Waals surface area contributed by atoms with E-state index in [1.165, 1.54) is 4.57 Å². The second kappa shape index (κ2) is 6.19. The van der Waals surface area contributed by atoms with Crippen LogP contribution in [0.1, 0.15) is 30.5 Å². The molecule has 2 aromatic heterocycles. The van der Waals surface area contributed by atoms with E-state index in [1.807, 2.05) is 6.07 Å². The third-order valence-corrected chi connectivity index (χ3v) is 4.55. The fourth-order valence-corrected chi connectivity index (χ4v) is 3.29. The highest BCUT2D eigenvalue weighted by atomic mass is 16.5. The first kappa shape index (κ1) is 15.6. The van der Waals surface area contributed by atoms with Gasteiger partial charge in [0.1, 0.15) is 6.54 Å². The molecule has 3 aromatic rings. The molecule has 130 valence electrons. The average molecular weight is 342 g/mol. The summed E-state index contributed by atoms with van der Waals surface area (Å²) in [6.07, 6.45) is 1.78. The predicted molar refractivity (Wildman–Crippen MR) is 88.1 cm³/mol. The molecule has 0 bridgehead atoms. The van der Waals surface area contributed by atoms with Crippen molar-refractivity contribution < 1.29 is 13.7 Å². The molecule has 4 rings (SSSR count). The van der Waals surface area contributed by atoms with E-state index < -0.39 is 5.76 Å². The Hall–Kier alpha value is -2.90. The minimum absolute atomic E-state index is 0.0339. The monoisotopic (exact) mass is 342 g/mol. The molecule has 0 saturated carbocycles. The fourth-order valence-electron chi connectivity index (χ4n) is 3.29. The Balaban J connectivity index is 1.52. The van der Waals surface area contributed by atoms with Gasteiger partial charge in [0, 0.05) is 25.9 Å². The summed E-state index contributed by atoms with van der Waals surface area (Å²) in [5, 5.41) is 3.97. The van der Waals surface area contributed by atoms with E-state index in [0.717, 1.165) is 12.8 Å². The summed E-state index contributed by atoms with van der Waals surface area (Å²) in [5.41, 5.74) is 1.11. The lowest BCUT2D eigenvalue weighted by Gasteiger charge is -2.31. The van der Waals surface area contributed by atoms with Crippen molar-refractivity contribution in [2.45, 2.75) is 32.2 Å². The minimum atomic E-state index is -0.517. The van der Waals surface area contributed by atoms with Gasteiger partial charge in [-0.1, -0.05) is 17.3 Å². The molecule has 3 heterocycles. The van der Waals surface area contributed by atoms with Crippen LogP contribution < -0.4 is 5.76 Å². The number of rotatable bonds is 3. The molecule has 0 radical (unpaired) electrons. The van der Waals surface area contributed by atoms with Crippen LogP contribution in [0.4, 0.5) is 0 Å². The van der Waals surface area contributed by atoms with Gasteiger partial charge in [-0.2, -0.15) is 4.98 Å². The number of fused-ring (bicyclic) bond motifs is 1. The van der Waals surface area contributed by atoms with Crippen molar-refractivity contribution >= 4 is 17.0 Å². The maximum absolute atomic E-state index is 12.7. The molecule has 0 aliphatic carbocycles. The molecule has 25 heavy (non-hydrogen) atoms. The molecule has 1 fully saturated rings. The number of piperidine rings is 1. The molecule has 1 saturated heterocycles. The molecule has 1 aromatic carbocycles. The normalized spacial score (nSPS) is 18.0. The van der Waals surface area contributed by atoms with Crippen LogP contribution >= 0.6 is 0 Å². The smallest absolute Gasteiger partial charge is 0.408 e. The molecule has 0 spiro atoms. The van der Waals surface area contributed by atoms with Crippen LogP contribution in [-0.2, 0) is 11.3 Å². The first-order valence-corrected chi connectivity index (χ1v) is 8.28. The summed E-state index contributed by atoms with van der Waals surface area (Å²) in [7, 11) is 0. The average Bonchev–Trinajstić information content (AvgIpc) is 3.19. The van der Waals surface area contributed by atoms with Gasteiger partial charge in [0.15, 0.2) is 11.4 Å². The maximum atomic E-state index is 12.7. The van der Waals surface area contributed by atoms with Crippen LogP contribution in [0.15, 0.2) is 38.0 Å². The number of hydrogen-bond donors (Lipinski definition) is 0.